The molecule has 6 heteroatoms. The molecule has 0 radical (unpaired) electrons. The van der Waals surface area contributed by atoms with Crippen molar-refractivity contribution in [3.8, 4) is 0 Å². The average Bonchev–Trinajstić information content (AvgIpc) is 2.96. The van der Waals surface area contributed by atoms with E-state index in [0.717, 1.165) is 17.1 Å². The van der Waals surface area contributed by atoms with Crippen LogP contribution >= 0.6 is 23.3 Å². The van der Waals surface area contributed by atoms with Crippen LogP contribution in [0.15, 0.2) is 34.9 Å². The number of hydrogen-bond acceptors (Lipinski definition) is 5. The van der Waals surface area contributed by atoms with E-state index in [0.29, 0.717) is 16.3 Å². The monoisotopic (exact) mass is 264 g/mol. The highest BCUT2D eigenvalue weighted by Gasteiger charge is 2.16. The molecule has 0 N–H and O–H groups in total. The Morgan fingerprint density at radius 3 is 3.00 bits per heavy atom. The minimum absolute atomic E-state index is 0.245. The van der Waals surface area contributed by atoms with Gasteiger partial charge in [-0.2, -0.15) is 8.75 Å². The van der Waals surface area contributed by atoms with Crippen molar-refractivity contribution in [2.45, 2.75) is 0 Å². The van der Waals surface area contributed by atoms with E-state index < -0.39 is 0 Å². The first-order chi connectivity index (χ1) is 8.24. The van der Waals surface area contributed by atoms with Crippen molar-refractivity contribution in [1.29, 1.82) is 0 Å². The van der Waals surface area contributed by atoms with Crippen LogP contribution in [0, 0.1) is 0 Å². The van der Waals surface area contributed by atoms with Crippen molar-refractivity contribution in [2.24, 2.45) is 0 Å². The largest absolute Gasteiger partial charge is 0.453 e. The van der Waals surface area contributed by atoms with Crippen molar-refractivity contribution in [3.05, 3.63) is 46.9 Å². The molecule has 0 saturated heterocycles. The number of hydrogen-bond donors (Lipinski definition) is 0. The Kier molecular flexibility index (Phi) is 2.42. The molecule has 2 aromatic heterocycles. The number of ketones is 1. The molecule has 0 atom stereocenters. The van der Waals surface area contributed by atoms with Crippen LogP contribution in [0.2, 0.25) is 5.02 Å². The highest BCUT2D eigenvalue weighted by atomic mass is 35.5. The Morgan fingerprint density at radius 1 is 1.35 bits per heavy atom. The summed E-state index contributed by atoms with van der Waals surface area (Å²) in [5.41, 5.74) is 0.918. The van der Waals surface area contributed by atoms with Gasteiger partial charge in [-0.05, 0) is 24.3 Å². The summed E-state index contributed by atoms with van der Waals surface area (Å²) in [4.78, 5) is 11.9. The zero-order valence-corrected chi connectivity index (χ0v) is 9.96. The van der Waals surface area contributed by atoms with E-state index in [4.69, 9.17) is 16.0 Å². The van der Waals surface area contributed by atoms with E-state index >= 15 is 0 Å². The van der Waals surface area contributed by atoms with E-state index in [-0.39, 0.29) is 11.5 Å². The van der Waals surface area contributed by atoms with Gasteiger partial charge in [0.15, 0.2) is 5.76 Å². The first-order valence-electron chi connectivity index (χ1n) is 4.75. The lowest BCUT2D eigenvalue weighted by Gasteiger charge is -1.89. The molecule has 0 unspecified atom stereocenters. The fourth-order valence-electron chi connectivity index (χ4n) is 1.52. The number of aromatic nitrogens is 2. The quantitative estimate of drug-likeness (QED) is 0.667. The van der Waals surface area contributed by atoms with Gasteiger partial charge in [0.1, 0.15) is 11.3 Å². The van der Waals surface area contributed by atoms with Crippen molar-refractivity contribution >= 4 is 40.1 Å². The minimum Gasteiger partial charge on any atom is -0.453 e. The first kappa shape index (κ1) is 10.4. The Bertz CT molecular complexity index is 691. The molecule has 0 saturated carbocycles. The van der Waals surface area contributed by atoms with Crippen molar-refractivity contribution in [1.82, 2.24) is 8.75 Å². The van der Waals surface area contributed by atoms with Gasteiger partial charge < -0.3 is 4.42 Å². The van der Waals surface area contributed by atoms with Crippen molar-refractivity contribution < 1.29 is 9.21 Å². The Morgan fingerprint density at radius 2 is 2.24 bits per heavy atom. The van der Waals surface area contributed by atoms with Crippen LogP contribution in [0.1, 0.15) is 16.2 Å². The summed E-state index contributed by atoms with van der Waals surface area (Å²) in [6, 6.07) is 6.85. The molecule has 17 heavy (non-hydrogen) atoms. The molecule has 0 bridgehead atoms. The normalized spacial score (nSPS) is 10.9. The second-order valence-electron chi connectivity index (χ2n) is 3.41. The second-order valence-corrected chi connectivity index (χ2v) is 4.41. The number of rotatable bonds is 2. The Labute approximate surface area is 105 Å². The van der Waals surface area contributed by atoms with Crippen LogP contribution in [0.5, 0.6) is 0 Å². The van der Waals surface area contributed by atoms with E-state index in [1.54, 1.807) is 24.3 Å². The molecule has 3 rings (SSSR count). The molecular weight excluding hydrogens is 260 g/mol. The maximum Gasteiger partial charge on any atom is 0.249 e. The van der Waals surface area contributed by atoms with E-state index in [1.807, 2.05) is 0 Å². The van der Waals surface area contributed by atoms with Gasteiger partial charge in [-0.1, -0.05) is 11.6 Å². The third-order valence-electron chi connectivity index (χ3n) is 2.30. The standard InChI is InChI=1S/C11H5ClN2O2S/c12-7-1-2-9-6(3-7)4-10(16-9)11(15)8-5-13-17-14-8/h1-5H. The number of fused-ring (bicyclic) bond motifs is 1. The molecule has 0 fully saturated rings. The van der Waals surface area contributed by atoms with E-state index in [2.05, 4.69) is 8.75 Å². The van der Waals surface area contributed by atoms with Gasteiger partial charge in [0.25, 0.3) is 0 Å². The smallest absolute Gasteiger partial charge is 0.249 e. The van der Waals surface area contributed by atoms with Gasteiger partial charge in [-0.3, -0.25) is 4.79 Å². The molecule has 3 aromatic rings. The van der Waals surface area contributed by atoms with Crippen molar-refractivity contribution in [3.63, 3.8) is 0 Å². The molecule has 84 valence electrons. The fourth-order valence-corrected chi connectivity index (χ4v) is 2.11. The lowest BCUT2D eigenvalue weighted by atomic mass is 10.2. The predicted octanol–water partition coefficient (Wildman–Crippen LogP) is 3.17. The summed E-state index contributed by atoms with van der Waals surface area (Å²) < 4.78 is 13.1. The maximum absolute atomic E-state index is 11.9. The number of carbonyl (C=O) groups is 1. The van der Waals surface area contributed by atoms with Crippen LogP contribution in [-0.2, 0) is 0 Å². The summed E-state index contributed by atoms with van der Waals surface area (Å²) in [5, 5.41) is 1.40. The first-order valence-corrected chi connectivity index (χ1v) is 5.86. The summed E-state index contributed by atoms with van der Waals surface area (Å²) in [5.74, 6) is -0.0268. The molecule has 2 heterocycles. The number of carbonyl (C=O) groups excluding carboxylic acids is 1. The third-order valence-corrected chi connectivity index (χ3v) is 3.01. The molecule has 0 aliphatic heterocycles. The van der Waals surface area contributed by atoms with E-state index in [9.17, 15) is 4.79 Å². The van der Waals surface area contributed by atoms with Gasteiger partial charge in [0.2, 0.25) is 5.78 Å². The summed E-state index contributed by atoms with van der Waals surface area (Å²) in [6.45, 7) is 0. The molecule has 0 aliphatic carbocycles. The molecule has 0 aliphatic rings. The summed E-state index contributed by atoms with van der Waals surface area (Å²) in [6.07, 6.45) is 1.42. The zero-order valence-electron chi connectivity index (χ0n) is 8.38. The van der Waals surface area contributed by atoms with Crippen LogP contribution in [0.3, 0.4) is 0 Å². The molecule has 0 spiro atoms. The minimum atomic E-state index is -0.272. The molecule has 1 aromatic carbocycles. The lowest BCUT2D eigenvalue weighted by Crippen LogP contribution is -1.98. The summed E-state index contributed by atoms with van der Waals surface area (Å²) >= 11 is 6.85. The number of furan rings is 1. The fraction of sp³-hybridized carbons (Fsp3) is 0. The topological polar surface area (TPSA) is 56.0 Å². The van der Waals surface area contributed by atoms with Crippen LogP contribution in [-0.4, -0.2) is 14.5 Å². The number of benzene rings is 1. The van der Waals surface area contributed by atoms with Gasteiger partial charge in [0, 0.05) is 10.4 Å². The van der Waals surface area contributed by atoms with Crippen LogP contribution in [0.4, 0.5) is 0 Å². The third kappa shape index (κ3) is 1.83. The Hall–Kier alpha value is -1.72. The summed E-state index contributed by atoms with van der Waals surface area (Å²) in [7, 11) is 0. The van der Waals surface area contributed by atoms with E-state index in [1.165, 1.54) is 6.20 Å². The van der Waals surface area contributed by atoms with Crippen LogP contribution in [0.25, 0.3) is 11.0 Å². The van der Waals surface area contributed by atoms with Crippen molar-refractivity contribution in [2.75, 3.05) is 0 Å². The van der Waals surface area contributed by atoms with Crippen LogP contribution < -0.4 is 0 Å². The van der Waals surface area contributed by atoms with Gasteiger partial charge in [0.05, 0.1) is 17.9 Å². The van der Waals surface area contributed by atoms with Gasteiger partial charge in [-0.15, -0.1) is 0 Å². The molecule has 4 nitrogen and oxygen atoms in total. The maximum atomic E-state index is 11.9. The highest BCUT2D eigenvalue weighted by molar-refractivity contribution is 6.99. The average molecular weight is 265 g/mol. The van der Waals surface area contributed by atoms with Gasteiger partial charge in [-0.25, -0.2) is 0 Å². The molecular formula is C11H5ClN2O2S. The SMILES string of the molecule is O=C(c1cnsn1)c1cc2cc(Cl)ccc2o1. The number of nitrogens with zero attached hydrogens (tertiary/aromatic N) is 2. The Balaban J connectivity index is 2.09. The second kappa shape index (κ2) is 3.94. The predicted molar refractivity (Wildman–Crippen MR) is 64.6 cm³/mol. The molecule has 0 amide bonds. The highest BCUT2D eigenvalue weighted by Crippen LogP contribution is 2.24. The van der Waals surface area contributed by atoms with Gasteiger partial charge >= 0.3 is 0 Å². The lowest BCUT2D eigenvalue weighted by molar-refractivity contribution is 0.101. The zero-order chi connectivity index (χ0) is 11.8. The number of halogens is 1.